The van der Waals surface area contributed by atoms with E-state index in [0.29, 0.717) is 24.9 Å². The second-order valence-corrected chi connectivity index (χ2v) is 3.49. The lowest BCUT2D eigenvalue weighted by atomic mass is 10.5. The van der Waals surface area contributed by atoms with Gasteiger partial charge in [0.25, 0.3) is 0 Å². The molecule has 0 unspecified atom stereocenters. The number of aromatic nitrogens is 2. The molecule has 82 valence electrons. The maximum atomic E-state index is 5.30. The molecule has 0 aliphatic rings. The second kappa shape index (κ2) is 6.36. The van der Waals surface area contributed by atoms with Crippen molar-refractivity contribution in [3.05, 3.63) is 22.8 Å². The van der Waals surface area contributed by atoms with Crippen LogP contribution in [0.25, 0.3) is 0 Å². The van der Waals surface area contributed by atoms with Crippen molar-refractivity contribution in [2.24, 2.45) is 5.73 Å². The molecule has 1 rings (SSSR count). The maximum absolute atomic E-state index is 5.30. The van der Waals surface area contributed by atoms with Crippen molar-refractivity contribution in [3.8, 4) is 5.88 Å². The smallest absolute Gasteiger partial charge is 0.232 e. The first-order valence-electron chi connectivity index (χ1n) is 4.43. The summed E-state index contributed by atoms with van der Waals surface area (Å²) in [5.41, 5.74) is 5.30. The van der Waals surface area contributed by atoms with Crippen LogP contribution in [0, 0.1) is 0 Å². The molecule has 0 aliphatic carbocycles. The van der Waals surface area contributed by atoms with Gasteiger partial charge in [-0.25, -0.2) is 4.98 Å². The van der Waals surface area contributed by atoms with Crippen LogP contribution in [0.5, 0.6) is 5.88 Å². The number of nitrogens with one attached hydrogen (secondary N) is 1. The highest BCUT2D eigenvalue weighted by atomic mass is 79.9. The zero-order chi connectivity index (χ0) is 11.1. The molecule has 15 heavy (non-hydrogen) atoms. The van der Waals surface area contributed by atoms with Crippen molar-refractivity contribution >= 4 is 21.9 Å². The minimum Gasteiger partial charge on any atom is -0.480 e. The normalized spacial score (nSPS) is 10.6. The standard InChI is InChI=1S/C9H13BrN4O/c1-15-8-7(10)6-13-9(14-8)12-5-3-2-4-11/h2-3,6H,4-5,11H2,1H3,(H,12,13,14)/b3-2+. The van der Waals surface area contributed by atoms with E-state index in [1.165, 1.54) is 0 Å². The highest BCUT2D eigenvalue weighted by Crippen LogP contribution is 2.21. The molecule has 0 aliphatic heterocycles. The summed E-state index contributed by atoms with van der Waals surface area (Å²) in [5, 5.41) is 3.02. The van der Waals surface area contributed by atoms with Gasteiger partial charge in [0, 0.05) is 13.1 Å². The first-order chi connectivity index (χ1) is 7.27. The van der Waals surface area contributed by atoms with Gasteiger partial charge in [0.2, 0.25) is 11.8 Å². The second-order valence-electron chi connectivity index (χ2n) is 2.64. The first-order valence-corrected chi connectivity index (χ1v) is 5.22. The predicted octanol–water partition coefficient (Wildman–Crippen LogP) is 1.17. The highest BCUT2D eigenvalue weighted by molar-refractivity contribution is 9.10. The third-order valence-electron chi connectivity index (χ3n) is 1.59. The van der Waals surface area contributed by atoms with E-state index in [2.05, 4.69) is 31.2 Å². The minimum absolute atomic E-state index is 0.510. The van der Waals surface area contributed by atoms with E-state index in [4.69, 9.17) is 10.5 Å². The van der Waals surface area contributed by atoms with E-state index in [9.17, 15) is 0 Å². The molecule has 0 saturated heterocycles. The van der Waals surface area contributed by atoms with Gasteiger partial charge in [-0.1, -0.05) is 12.2 Å². The van der Waals surface area contributed by atoms with Gasteiger partial charge in [-0.3, -0.25) is 0 Å². The van der Waals surface area contributed by atoms with E-state index in [-0.39, 0.29) is 0 Å². The maximum Gasteiger partial charge on any atom is 0.232 e. The SMILES string of the molecule is COc1nc(NC/C=C/CN)ncc1Br. The molecule has 0 bridgehead atoms. The number of methoxy groups -OCH3 is 1. The molecule has 1 aromatic heterocycles. The number of nitrogens with two attached hydrogens (primary N) is 1. The topological polar surface area (TPSA) is 73.1 Å². The quantitative estimate of drug-likeness (QED) is 0.788. The van der Waals surface area contributed by atoms with Crippen molar-refractivity contribution in [1.82, 2.24) is 9.97 Å². The Morgan fingerprint density at radius 1 is 1.60 bits per heavy atom. The third kappa shape index (κ3) is 3.85. The lowest BCUT2D eigenvalue weighted by Gasteiger charge is -2.04. The van der Waals surface area contributed by atoms with Gasteiger partial charge in [0.1, 0.15) is 0 Å². The van der Waals surface area contributed by atoms with E-state index >= 15 is 0 Å². The summed E-state index contributed by atoms with van der Waals surface area (Å²) in [4.78, 5) is 8.20. The van der Waals surface area contributed by atoms with E-state index < -0.39 is 0 Å². The molecule has 1 heterocycles. The number of halogens is 1. The summed E-state index contributed by atoms with van der Waals surface area (Å²) in [6, 6.07) is 0. The summed E-state index contributed by atoms with van der Waals surface area (Å²) in [7, 11) is 1.56. The number of hydrogen-bond donors (Lipinski definition) is 2. The summed E-state index contributed by atoms with van der Waals surface area (Å²) >= 11 is 3.28. The molecule has 1 aromatic rings. The van der Waals surface area contributed by atoms with Crippen LogP contribution in [-0.4, -0.2) is 30.2 Å². The number of hydrogen-bond acceptors (Lipinski definition) is 5. The largest absolute Gasteiger partial charge is 0.480 e. The van der Waals surface area contributed by atoms with Crippen LogP contribution in [-0.2, 0) is 0 Å². The van der Waals surface area contributed by atoms with Crippen LogP contribution >= 0.6 is 15.9 Å². The zero-order valence-corrected chi connectivity index (χ0v) is 9.99. The molecule has 0 fully saturated rings. The molecule has 0 aromatic carbocycles. The number of rotatable bonds is 5. The van der Waals surface area contributed by atoms with Gasteiger partial charge < -0.3 is 15.8 Å². The summed E-state index contributed by atoms with van der Waals surface area (Å²) in [5.74, 6) is 1.03. The molecular formula is C9H13BrN4O. The average molecular weight is 273 g/mol. The van der Waals surface area contributed by atoms with Crippen LogP contribution in [0.2, 0.25) is 0 Å². The Kier molecular flexibility index (Phi) is 5.06. The van der Waals surface area contributed by atoms with Crippen LogP contribution < -0.4 is 15.8 Å². The summed E-state index contributed by atoms with van der Waals surface area (Å²) in [6.07, 6.45) is 5.42. The van der Waals surface area contributed by atoms with Gasteiger partial charge in [0.05, 0.1) is 17.8 Å². The molecule has 3 N–H and O–H groups in total. The van der Waals surface area contributed by atoms with Crippen LogP contribution in [0.1, 0.15) is 0 Å². The van der Waals surface area contributed by atoms with E-state index in [0.717, 1.165) is 4.47 Å². The molecule has 5 nitrogen and oxygen atoms in total. The van der Waals surface area contributed by atoms with Gasteiger partial charge in [-0.2, -0.15) is 4.98 Å². The molecule has 0 atom stereocenters. The lowest BCUT2D eigenvalue weighted by Crippen LogP contribution is -2.05. The Bertz CT molecular complexity index is 343. The highest BCUT2D eigenvalue weighted by Gasteiger charge is 2.03. The van der Waals surface area contributed by atoms with E-state index in [1.807, 2.05) is 12.2 Å². The van der Waals surface area contributed by atoms with Crippen molar-refractivity contribution in [2.75, 3.05) is 25.5 Å². The third-order valence-corrected chi connectivity index (χ3v) is 2.13. The molecule has 0 radical (unpaired) electrons. The van der Waals surface area contributed by atoms with E-state index in [1.54, 1.807) is 13.3 Å². The number of anilines is 1. The van der Waals surface area contributed by atoms with Crippen molar-refractivity contribution in [3.63, 3.8) is 0 Å². The van der Waals surface area contributed by atoms with Crippen molar-refractivity contribution in [1.29, 1.82) is 0 Å². The van der Waals surface area contributed by atoms with Crippen molar-refractivity contribution < 1.29 is 4.74 Å². The zero-order valence-electron chi connectivity index (χ0n) is 8.40. The van der Waals surface area contributed by atoms with Crippen LogP contribution in [0.3, 0.4) is 0 Å². The molecule has 0 amide bonds. The number of nitrogens with zero attached hydrogens (tertiary/aromatic N) is 2. The van der Waals surface area contributed by atoms with Gasteiger partial charge in [-0.05, 0) is 15.9 Å². The fraction of sp³-hybridized carbons (Fsp3) is 0.333. The number of ether oxygens (including phenoxy) is 1. The minimum atomic E-state index is 0.510. The Morgan fingerprint density at radius 3 is 3.07 bits per heavy atom. The van der Waals surface area contributed by atoms with Crippen LogP contribution in [0.4, 0.5) is 5.95 Å². The summed E-state index contributed by atoms with van der Waals surface area (Å²) < 4.78 is 5.77. The molecule has 6 heteroatoms. The van der Waals surface area contributed by atoms with Gasteiger partial charge in [0.15, 0.2) is 0 Å². The Balaban J connectivity index is 2.58. The Hall–Kier alpha value is -1.14. The Morgan fingerprint density at radius 2 is 2.40 bits per heavy atom. The first kappa shape index (κ1) is 11.9. The average Bonchev–Trinajstić information content (AvgIpc) is 2.26. The molecular weight excluding hydrogens is 260 g/mol. The lowest BCUT2D eigenvalue weighted by molar-refractivity contribution is 0.394. The van der Waals surface area contributed by atoms with Crippen molar-refractivity contribution in [2.45, 2.75) is 0 Å². The predicted molar refractivity (Wildman–Crippen MR) is 63.0 cm³/mol. The monoisotopic (exact) mass is 272 g/mol. The Labute approximate surface area is 96.9 Å². The van der Waals surface area contributed by atoms with Gasteiger partial charge >= 0.3 is 0 Å². The fourth-order valence-corrected chi connectivity index (χ4v) is 1.26. The van der Waals surface area contributed by atoms with Gasteiger partial charge in [-0.15, -0.1) is 0 Å². The fourth-order valence-electron chi connectivity index (χ4n) is 0.910. The molecule has 0 spiro atoms. The summed E-state index contributed by atoms with van der Waals surface area (Å²) in [6.45, 7) is 1.17. The molecule has 0 saturated carbocycles. The van der Waals surface area contributed by atoms with Crippen LogP contribution in [0.15, 0.2) is 22.8 Å².